The van der Waals surface area contributed by atoms with Crippen LogP contribution in [0.5, 0.6) is 5.75 Å². The third-order valence-electron chi connectivity index (χ3n) is 2.63. The van der Waals surface area contributed by atoms with E-state index in [9.17, 15) is 19.2 Å². The van der Waals surface area contributed by atoms with E-state index < -0.39 is 0 Å². The van der Waals surface area contributed by atoms with Crippen molar-refractivity contribution < 1.29 is 23.9 Å². The molecule has 2 heterocycles. The molecular formula is C14H12N2O5S2. The predicted octanol–water partition coefficient (Wildman–Crippen LogP) is 1.99. The average Bonchev–Trinajstić information content (AvgIpc) is 3.05. The summed E-state index contributed by atoms with van der Waals surface area (Å²) in [5.41, 5.74) is 0.855. The number of carbonyl (C=O) groups is 4. The van der Waals surface area contributed by atoms with Crippen LogP contribution in [0.25, 0.3) is 6.08 Å². The van der Waals surface area contributed by atoms with Crippen molar-refractivity contribution in [2.24, 2.45) is 0 Å². The smallest absolute Gasteiger partial charge is 0.290 e. The summed E-state index contributed by atoms with van der Waals surface area (Å²) in [6.45, 7) is 0. The van der Waals surface area contributed by atoms with Crippen LogP contribution in [0, 0.1) is 0 Å². The first-order valence-corrected chi connectivity index (χ1v) is 8.13. The lowest BCUT2D eigenvalue weighted by Crippen LogP contribution is -2.18. The van der Waals surface area contributed by atoms with Crippen LogP contribution in [0.3, 0.4) is 0 Å². The SMILES string of the molecule is COc1ccc(C=C2SC(=O)NC2=O)cc1.O=C1CSC(=O)N1. The Hall–Kier alpha value is -2.26. The highest BCUT2D eigenvalue weighted by Gasteiger charge is 2.24. The van der Waals surface area contributed by atoms with Gasteiger partial charge >= 0.3 is 0 Å². The minimum absolute atomic E-state index is 0.185. The molecule has 0 aromatic heterocycles. The van der Waals surface area contributed by atoms with Gasteiger partial charge in [0.25, 0.3) is 16.4 Å². The van der Waals surface area contributed by atoms with E-state index in [0.29, 0.717) is 10.7 Å². The number of thioether (sulfide) groups is 2. The molecule has 0 saturated carbocycles. The van der Waals surface area contributed by atoms with E-state index in [2.05, 4.69) is 10.6 Å². The number of amides is 4. The van der Waals surface area contributed by atoms with E-state index in [1.54, 1.807) is 25.3 Å². The molecule has 2 N–H and O–H groups in total. The molecule has 23 heavy (non-hydrogen) atoms. The van der Waals surface area contributed by atoms with E-state index in [1.165, 1.54) is 0 Å². The summed E-state index contributed by atoms with van der Waals surface area (Å²) in [4.78, 5) is 42.8. The Kier molecular flexibility index (Phi) is 5.83. The van der Waals surface area contributed by atoms with Crippen molar-refractivity contribution in [1.82, 2.24) is 10.6 Å². The third-order valence-corrected chi connectivity index (χ3v) is 4.21. The number of nitrogens with one attached hydrogen (secondary N) is 2. The molecule has 4 amide bonds. The predicted molar refractivity (Wildman–Crippen MR) is 88.1 cm³/mol. The largest absolute Gasteiger partial charge is 0.497 e. The average molecular weight is 352 g/mol. The molecule has 2 aliphatic rings. The molecular weight excluding hydrogens is 340 g/mol. The summed E-state index contributed by atoms with van der Waals surface area (Å²) in [6.07, 6.45) is 1.67. The molecule has 0 aliphatic carbocycles. The van der Waals surface area contributed by atoms with Gasteiger partial charge in [-0.15, -0.1) is 0 Å². The van der Waals surface area contributed by atoms with E-state index in [4.69, 9.17) is 4.74 Å². The lowest BCUT2D eigenvalue weighted by molar-refractivity contribution is -0.117. The Morgan fingerprint density at radius 3 is 2.13 bits per heavy atom. The Labute approximate surface area is 140 Å². The van der Waals surface area contributed by atoms with Crippen molar-refractivity contribution in [3.05, 3.63) is 34.7 Å². The highest BCUT2D eigenvalue weighted by Crippen LogP contribution is 2.25. The molecule has 2 fully saturated rings. The van der Waals surface area contributed by atoms with Crippen molar-refractivity contribution in [2.75, 3.05) is 12.9 Å². The van der Waals surface area contributed by atoms with Gasteiger partial charge in [0.2, 0.25) is 5.91 Å². The van der Waals surface area contributed by atoms with Gasteiger partial charge in [-0.25, -0.2) is 0 Å². The summed E-state index contributed by atoms with van der Waals surface area (Å²) in [6, 6.07) is 7.24. The van der Waals surface area contributed by atoms with E-state index in [-0.39, 0.29) is 22.3 Å². The van der Waals surface area contributed by atoms with Crippen LogP contribution in [0.15, 0.2) is 29.2 Å². The van der Waals surface area contributed by atoms with E-state index in [1.807, 2.05) is 12.1 Å². The zero-order chi connectivity index (χ0) is 16.8. The fourth-order valence-corrected chi connectivity index (χ4v) is 2.79. The van der Waals surface area contributed by atoms with Gasteiger partial charge in [-0.2, -0.15) is 0 Å². The Morgan fingerprint density at radius 2 is 1.74 bits per heavy atom. The minimum atomic E-state index is -0.342. The highest BCUT2D eigenvalue weighted by atomic mass is 32.2. The van der Waals surface area contributed by atoms with Gasteiger partial charge in [0.05, 0.1) is 17.8 Å². The van der Waals surface area contributed by atoms with E-state index in [0.717, 1.165) is 34.8 Å². The molecule has 1 aromatic carbocycles. The number of ether oxygens (including phenoxy) is 1. The number of methoxy groups -OCH3 is 1. The number of hydrogen-bond donors (Lipinski definition) is 2. The lowest BCUT2D eigenvalue weighted by Gasteiger charge is -1.99. The third kappa shape index (κ3) is 5.15. The quantitative estimate of drug-likeness (QED) is 0.785. The second-order valence-corrected chi connectivity index (χ2v) is 6.21. The molecule has 2 saturated heterocycles. The van der Waals surface area contributed by atoms with Gasteiger partial charge in [-0.05, 0) is 35.5 Å². The fraction of sp³-hybridized carbons (Fsp3) is 0.143. The second-order valence-electron chi connectivity index (χ2n) is 4.25. The zero-order valence-corrected chi connectivity index (χ0v) is 13.6. The first-order valence-electron chi connectivity index (χ1n) is 6.33. The molecule has 0 spiro atoms. The first-order chi connectivity index (χ1) is 11.0. The molecule has 9 heteroatoms. The summed E-state index contributed by atoms with van der Waals surface area (Å²) in [5, 5.41) is 3.74. The Morgan fingerprint density at radius 1 is 1.04 bits per heavy atom. The number of benzene rings is 1. The van der Waals surface area contributed by atoms with Crippen LogP contribution in [0.2, 0.25) is 0 Å². The van der Waals surface area contributed by atoms with Gasteiger partial charge in [-0.3, -0.25) is 29.8 Å². The normalized spacial score (nSPS) is 18.4. The van der Waals surface area contributed by atoms with Gasteiger partial charge in [0.1, 0.15) is 5.75 Å². The molecule has 0 radical (unpaired) electrons. The summed E-state index contributed by atoms with van der Waals surface area (Å²) in [5.74, 6) is 0.515. The van der Waals surface area contributed by atoms with Crippen molar-refractivity contribution >= 4 is 51.9 Å². The van der Waals surface area contributed by atoms with Crippen LogP contribution < -0.4 is 15.4 Å². The minimum Gasteiger partial charge on any atom is -0.497 e. The van der Waals surface area contributed by atoms with Crippen molar-refractivity contribution in [3.8, 4) is 5.75 Å². The molecule has 2 aliphatic heterocycles. The van der Waals surface area contributed by atoms with Crippen LogP contribution in [-0.4, -0.2) is 35.2 Å². The molecule has 1 aromatic rings. The maximum absolute atomic E-state index is 11.3. The first kappa shape index (κ1) is 17.1. The highest BCUT2D eigenvalue weighted by molar-refractivity contribution is 8.18. The van der Waals surface area contributed by atoms with Crippen LogP contribution in [-0.2, 0) is 9.59 Å². The Balaban J connectivity index is 0.000000229. The molecule has 0 bridgehead atoms. The fourth-order valence-electron chi connectivity index (χ4n) is 1.59. The monoisotopic (exact) mass is 352 g/mol. The van der Waals surface area contributed by atoms with Gasteiger partial charge in [0.15, 0.2) is 0 Å². The molecule has 0 unspecified atom stereocenters. The number of hydrogen-bond acceptors (Lipinski definition) is 7. The second kappa shape index (κ2) is 7.84. The van der Waals surface area contributed by atoms with Gasteiger partial charge in [0, 0.05) is 0 Å². The zero-order valence-electron chi connectivity index (χ0n) is 12.0. The van der Waals surface area contributed by atoms with E-state index >= 15 is 0 Å². The number of rotatable bonds is 2. The van der Waals surface area contributed by atoms with Crippen LogP contribution >= 0.6 is 23.5 Å². The molecule has 7 nitrogen and oxygen atoms in total. The van der Waals surface area contributed by atoms with Gasteiger partial charge in [-0.1, -0.05) is 23.9 Å². The number of carbonyl (C=O) groups excluding carboxylic acids is 4. The maximum atomic E-state index is 11.3. The summed E-state index contributed by atoms with van der Waals surface area (Å²) in [7, 11) is 1.59. The number of imide groups is 2. The summed E-state index contributed by atoms with van der Waals surface area (Å²) < 4.78 is 5.02. The van der Waals surface area contributed by atoms with Crippen molar-refractivity contribution in [3.63, 3.8) is 0 Å². The van der Waals surface area contributed by atoms with Crippen molar-refractivity contribution in [1.29, 1.82) is 0 Å². The van der Waals surface area contributed by atoms with Crippen LogP contribution in [0.1, 0.15) is 5.56 Å². The Bertz CT molecular complexity index is 671. The maximum Gasteiger partial charge on any atom is 0.290 e. The molecule has 0 atom stereocenters. The topological polar surface area (TPSA) is 102 Å². The molecule has 120 valence electrons. The summed E-state index contributed by atoms with van der Waals surface area (Å²) >= 11 is 1.91. The molecule has 3 rings (SSSR count). The van der Waals surface area contributed by atoms with Gasteiger partial charge < -0.3 is 4.74 Å². The van der Waals surface area contributed by atoms with Crippen molar-refractivity contribution in [2.45, 2.75) is 0 Å². The van der Waals surface area contributed by atoms with Crippen LogP contribution in [0.4, 0.5) is 9.59 Å². The lowest BCUT2D eigenvalue weighted by atomic mass is 10.2. The standard InChI is InChI=1S/C11H9NO3S.C3H3NO2S/c1-15-8-4-2-7(3-5-8)6-9-10(13)12-11(14)16-9;5-2-1-7-3(6)4-2/h2-6H,1H3,(H,12,13,14);1H2,(H,4,5,6).